The van der Waals surface area contributed by atoms with Gasteiger partial charge in [-0.3, -0.25) is 24.2 Å². The Morgan fingerprint density at radius 1 is 1.08 bits per heavy atom. The number of hydrogen-bond donors (Lipinski definition) is 0. The van der Waals surface area contributed by atoms with Gasteiger partial charge in [0.25, 0.3) is 0 Å². The van der Waals surface area contributed by atoms with E-state index in [-0.39, 0.29) is 12.1 Å². The number of benzene rings is 1. The van der Waals surface area contributed by atoms with Crippen LogP contribution in [0.1, 0.15) is 18.0 Å². The van der Waals surface area contributed by atoms with E-state index in [1.54, 1.807) is 0 Å². The highest BCUT2D eigenvalue weighted by atomic mass is 19.1. The molecule has 25 heavy (non-hydrogen) atoms. The molecule has 1 saturated heterocycles. The average molecular weight is 346 g/mol. The number of halogens is 1. The van der Waals surface area contributed by atoms with Gasteiger partial charge in [-0.1, -0.05) is 12.1 Å². The summed E-state index contributed by atoms with van der Waals surface area (Å²) in [7, 11) is 2.57. The molecular formula is C16H15FN4O4. The van der Waals surface area contributed by atoms with E-state index in [0.29, 0.717) is 12.0 Å². The number of imide groups is 2. The minimum Gasteiger partial charge on any atom is -0.277 e. The van der Waals surface area contributed by atoms with E-state index in [4.69, 9.17) is 0 Å². The number of carbonyl (C=O) groups excluding carboxylic acids is 4. The molecule has 0 saturated carbocycles. The van der Waals surface area contributed by atoms with Crippen LogP contribution in [0.5, 0.6) is 0 Å². The molecule has 0 aliphatic carbocycles. The zero-order chi connectivity index (χ0) is 18.3. The first-order valence-corrected chi connectivity index (χ1v) is 7.50. The standard InChI is InChI=1S/C16H15FN4O4/c1-19-14(23)13(15(24)20(2)16(19)25)11-7-12(21(8-22)18-11)9-3-5-10(17)6-4-9/h3-6,8,12-13H,7H2,1-2H3. The van der Waals surface area contributed by atoms with Crippen LogP contribution in [0.25, 0.3) is 0 Å². The third-order valence-corrected chi connectivity index (χ3v) is 4.39. The molecule has 2 aliphatic heterocycles. The zero-order valence-corrected chi connectivity index (χ0v) is 13.5. The van der Waals surface area contributed by atoms with Gasteiger partial charge in [0.1, 0.15) is 5.82 Å². The summed E-state index contributed by atoms with van der Waals surface area (Å²) in [6.07, 6.45) is 0.625. The maximum atomic E-state index is 13.1. The number of hydrazone groups is 1. The van der Waals surface area contributed by atoms with Crippen molar-refractivity contribution in [2.45, 2.75) is 12.5 Å². The van der Waals surface area contributed by atoms with Gasteiger partial charge in [-0.05, 0) is 17.7 Å². The van der Waals surface area contributed by atoms with Gasteiger partial charge in [0, 0.05) is 20.5 Å². The fourth-order valence-electron chi connectivity index (χ4n) is 2.97. The number of carbonyl (C=O) groups is 4. The Bertz CT molecular complexity index is 768. The topological polar surface area (TPSA) is 90.4 Å². The molecule has 1 aromatic carbocycles. The van der Waals surface area contributed by atoms with Gasteiger partial charge in [-0.25, -0.2) is 14.2 Å². The van der Waals surface area contributed by atoms with Crippen LogP contribution < -0.4 is 0 Å². The first kappa shape index (κ1) is 16.7. The Kier molecular flexibility index (Phi) is 4.07. The van der Waals surface area contributed by atoms with Gasteiger partial charge in [-0.2, -0.15) is 5.10 Å². The molecule has 0 bridgehead atoms. The Labute approximate surface area is 142 Å². The zero-order valence-electron chi connectivity index (χ0n) is 13.5. The lowest BCUT2D eigenvalue weighted by Crippen LogP contribution is -2.58. The monoisotopic (exact) mass is 346 g/mol. The minimum absolute atomic E-state index is 0.141. The SMILES string of the molecule is CN1C(=O)C(C2=NN(C=O)C(c3ccc(F)cc3)C2)C(=O)N(C)C1=O. The summed E-state index contributed by atoms with van der Waals surface area (Å²) in [5.74, 6) is -3.03. The predicted molar refractivity (Wildman–Crippen MR) is 83.5 cm³/mol. The van der Waals surface area contributed by atoms with Crippen molar-refractivity contribution in [2.75, 3.05) is 14.1 Å². The third kappa shape index (κ3) is 2.67. The largest absolute Gasteiger partial charge is 0.332 e. The van der Waals surface area contributed by atoms with Gasteiger partial charge < -0.3 is 0 Å². The van der Waals surface area contributed by atoms with E-state index in [1.807, 2.05) is 0 Å². The van der Waals surface area contributed by atoms with Gasteiger partial charge in [0.05, 0.1) is 11.8 Å². The van der Waals surface area contributed by atoms with E-state index in [2.05, 4.69) is 5.10 Å². The molecule has 1 atom stereocenters. The molecule has 2 aliphatic rings. The Morgan fingerprint density at radius 2 is 1.64 bits per heavy atom. The van der Waals surface area contributed by atoms with Gasteiger partial charge in [0.15, 0.2) is 5.92 Å². The fraction of sp³-hybridized carbons (Fsp3) is 0.312. The van der Waals surface area contributed by atoms with E-state index < -0.39 is 35.6 Å². The molecule has 9 heteroatoms. The number of rotatable bonds is 3. The minimum atomic E-state index is -1.25. The maximum absolute atomic E-state index is 13.1. The normalized spacial score (nSPS) is 21.9. The summed E-state index contributed by atoms with van der Waals surface area (Å²) in [6, 6.07) is 4.29. The van der Waals surface area contributed by atoms with Crippen molar-refractivity contribution in [3.8, 4) is 0 Å². The lowest BCUT2D eigenvalue weighted by molar-refractivity contribution is -0.144. The molecule has 0 aromatic heterocycles. The van der Waals surface area contributed by atoms with E-state index >= 15 is 0 Å². The molecule has 3 rings (SSSR count). The summed E-state index contributed by atoms with van der Waals surface area (Å²) in [4.78, 5) is 49.6. The summed E-state index contributed by atoms with van der Waals surface area (Å²) in [5.41, 5.74) is 0.823. The van der Waals surface area contributed by atoms with Gasteiger partial charge in [0.2, 0.25) is 18.2 Å². The van der Waals surface area contributed by atoms with E-state index in [1.165, 1.54) is 38.4 Å². The molecule has 1 aromatic rings. The van der Waals surface area contributed by atoms with Crippen molar-refractivity contribution in [1.29, 1.82) is 0 Å². The molecule has 8 nitrogen and oxygen atoms in total. The number of barbiturate groups is 1. The van der Waals surface area contributed by atoms with Crippen molar-refractivity contribution in [3.05, 3.63) is 35.6 Å². The van der Waals surface area contributed by atoms with Crippen LogP contribution in [-0.4, -0.2) is 58.9 Å². The summed E-state index contributed by atoms with van der Waals surface area (Å²) in [6.45, 7) is 0. The molecular weight excluding hydrogens is 331 g/mol. The molecule has 130 valence electrons. The Balaban J connectivity index is 1.91. The number of urea groups is 1. The highest BCUT2D eigenvalue weighted by molar-refractivity contribution is 6.27. The first-order valence-electron chi connectivity index (χ1n) is 7.50. The fourth-order valence-corrected chi connectivity index (χ4v) is 2.97. The second kappa shape index (κ2) is 6.08. The summed E-state index contributed by atoms with van der Waals surface area (Å²) >= 11 is 0. The molecule has 0 N–H and O–H groups in total. The molecule has 0 radical (unpaired) electrons. The van der Waals surface area contributed by atoms with Crippen LogP contribution in [0, 0.1) is 11.7 Å². The quantitative estimate of drug-likeness (QED) is 0.597. The van der Waals surface area contributed by atoms with Gasteiger partial charge in [-0.15, -0.1) is 0 Å². The third-order valence-electron chi connectivity index (χ3n) is 4.39. The smallest absolute Gasteiger partial charge is 0.277 e. The molecule has 2 heterocycles. The molecule has 1 fully saturated rings. The second-order valence-corrected chi connectivity index (χ2v) is 5.86. The van der Waals surface area contributed by atoms with Gasteiger partial charge >= 0.3 is 6.03 Å². The van der Waals surface area contributed by atoms with E-state index in [0.717, 1.165) is 14.8 Å². The first-order chi connectivity index (χ1) is 11.8. The predicted octanol–water partition coefficient (Wildman–Crippen LogP) is 0.751. The highest BCUT2D eigenvalue weighted by Gasteiger charge is 2.47. The van der Waals surface area contributed by atoms with Crippen LogP contribution in [0.15, 0.2) is 29.4 Å². The van der Waals surface area contributed by atoms with Crippen LogP contribution in [0.4, 0.5) is 9.18 Å². The summed E-state index contributed by atoms with van der Waals surface area (Å²) < 4.78 is 13.1. The lowest BCUT2D eigenvalue weighted by atomic mass is 9.92. The lowest BCUT2D eigenvalue weighted by Gasteiger charge is -2.32. The maximum Gasteiger partial charge on any atom is 0.332 e. The Hall–Kier alpha value is -3.10. The second-order valence-electron chi connectivity index (χ2n) is 5.86. The highest BCUT2D eigenvalue weighted by Crippen LogP contribution is 2.33. The number of hydrogen-bond acceptors (Lipinski definition) is 5. The molecule has 5 amide bonds. The van der Waals surface area contributed by atoms with Crippen LogP contribution >= 0.6 is 0 Å². The average Bonchev–Trinajstić information content (AvgIpc) is 3.03. The van der Waals surface area contributed by atoms with E-state index in [9.17, 15) is 23.6 Å². The molecule has 1 unspecified atom stereocenters. The molecule has 0 spiro atoms. The van der Waals surface area contributed by atoms with Crippen molar-refractivity contribution in [2.24, 2.45) is 11.0 Å². The number of amides is 5. The van der Waals surface area contributed by atoms with Crippen molar-refractivity contribution >= 4 is 30.0 Å². The number of nitrogens with zero attached hydrogens (tertiary/aromatic N) is 4. The van der Waals surface area contributed by atoms with Crippen molar-refractivity contribution in [3.63, 3.8) is 0 Å². The van der Waals surface area contributed by atoms with Crippen molar-refractivity contribution < 1.29 is 23.6 Å². The Morgan fingerprint density at radius 3 is 2.16 bits per heavy atom. The van der Waals surface area contributed by atoms with Crippen LogP contribution in [0.2, 0.25) is 0 Å². The van der Waals surface area contributed by atoms with Crippen LogP contribution in [0.3, 0.4) is 0 Å². The van der Waals surface area contributed by atoms with Crippen LogP contribution in [-0.2, 0) is 14.4 Å². The summed E-state index contributed by atoms with van der Waals surface area (Å²) in [5, 5.41) is 5.18. The van der Waals surface area contributed by atoms with Crippen molar-refractivity contribution in [1.82, 2.24) is 14.8 Å².